The number of benzene rings is 1. The van der Waals surface area contributed by atoms with Crippen LogP contribution in [0.2, 0.25) is 0 Å². The number of hydrogen-bond donors (Lipinski definition) is 2. The van der Waals surface area contributed by atoms with Gasteiger partial charge < -0.3 is 20.2 Å². The third-order valence-electron chi connectivity index (χ3n) is 4.22. The van der Waals surface area contributed by atoms with Crippen molar-refractivity contribution in [2.75, 3.05) is 18.1 Å². The van der Waals surface area contributed by atoms with Crippen molar-refractivity contribution in [2.45, 2.75) is 38.8 Å². The standard InChI is InChI=1S/C19H23N3O6/c1-3-28-18(26)9-14(11-23)21-19(27)16-8-13-6-4-5-7-15(13)22(16)17(25)10-20-12(2)24/h4-7,11,14,16H,3,8-10H2,1-2H3,(H,20,24)(H,21,27). The largest absolute Gasteiger partial charge is 0.466 e. The van der Waals surface area contributed by atoms with E-state index in [1.165, 1.54) is 11.8 Å². The lowest BCUT2D eigenvalue weighted by molar-refractivity contribution is -0.144. The Balaban J connectivity index is 2.16. The highest BCUT2D eigenvalue weighted by Crippen LogP contribution is 2.32. The van der Waals surface area contributed by atoms with Gasteiger partial charge >= 0.3 is 5.97 Å². The molecule has 0 saturated carbocycles. The van der Waals surface area contributed by atoms with Gasteiger partial charge in [0.15, 0.2) is 0 Å². The molecule has 2 N–H and O–H groups in total. The molecule has 0 bridgehead atoms. The van der Waals surface area contributed by atoms with E-state index in [4.69, 9.17) is 4.74 Å². The molecule has 0 aromatic heterocycles. The van der Waals surface area contributed by atoms with Crippen molar-refractivity contribution in [3.63, 3.8) is 0 Å². The van der Waals surface area contributed by atoms with Crippen LogP contribution in [0, 0.1) is 0 Å². The van der Waals surface area contributed by atoms with Crippen LogP contribution < -0.4 is 15.5 Å². The molecule has 9 nitrogen and oxygen atoms in total. The monoisotopic (exact) mass is 389 g/mol. The summed E-state index contributed by atoms with van der Waals surface area (Å²) in [6.07, 6.45) is 0.432. The summed E-state index contributed by atoms with van der Waals surface area (Å²) < 4.78 is 4.79. The minimum atomic E-state index is -1.05. The maximum Gasteiger partial charge on any atom is 0.308 e. The number of carbonyl (C=O) groups is 5. The minimum absolute atomic E-state index is 0.168. The van der Waals surface area contributed by atoms with Crippen molar-refractivity contribution < 1.29 is 28.7 Å². The molecule has 2 rings (SSSR count). The number of nitrogens with one attached hydrogen (secondary N) is 2. The summed E-state index contributed by atoms with van der Waals surface area (Å²) >= 11 is 0. The molecule has 1 aromatic rings. The van der Waals surface area contributed by atoms with Gasteiger partial charge in [-0.3, -0.25) is 24.1 Å². The lowest BCUT2D eigenvalue weighted by Gasteiger charge is -2.26. The van der Waals surface area contributed by atoms with Gasteiger partial charge in [0.25, 0.3) is 0 Å². The van der Waals surface area contributed by atoms with E-state index in [0.717, 1.165) is 5.56 Å². The Kier molecular flexibility index (Phi) is 7.25. The number of hydrogen-bond acceptors (Lipinski definition) is 6. The first kappa shape index (κ1) is 21.1. The number of esters is 1. The van der Waals surface area contributed by atoms with Crippen LogP contribution in [0.1, 0.15) is 25.8 Å². The Morgan fingerprint density at radius 3 is 2.64 bits per heavy atom. The number of rotatable bonds is 8. The lowest BCUT2D eigenvalue weighted by Crippen LogP contribution is -2.53. The Labute approximate surface area is 162 Å². The van der Waals surface area contributed by atoms with Gasteiger partial charge in [0.05, 0.1) is 25.6 Å². The average molecular weight is 389 g/mol. The number of fused-ring (bicyclic) bond motifs is 1. The van der Waals surface area contributed by atoms with Gasteiger partial charge in [-0.2, -0.15) is 0 Å². The maximum atomic E-state index is 12.8. The predicted octanol–water partition coefficient (Wildman–Crippen LogP) is -0.283. The number of anilines is 1. The molecule has 0 fully saturated rings. The molecule has 28 heavy (non-hydrogen) atoms. The van der Waals surface area contributed by atoms with Crippen molar-refractivity contribution in [1.82, 2.24) is 10.6 Å². The molecule has 1 aliphatic heterocycles. The van der Waals surface area contributed by atoms with Crippen LogP contribution in [0.4, 0.5) is 5.69 Å². The predicted molar refractivity (Wildman–Crippen MR) is 99.3 cm³/mol. The maximum absolute atomic E-state index is 12.8. The normalized spacial score (nSPS) is 15.9. The smallest absolute Gasteiger partial charge is 0.308 e. The number of carbonyl (C=O) groups excluding carboxylic acids is 5. The van der Waals surface area contributed by atoms with E-state index in [-0.39, 0.29) is 31.9 Å². The zero-order valence-corrected chi connectivity index (χ0v) is 15.8. The number of ether oxygens (including phenoxy) is 1. The van der Waals surface area contributed by atoms with Crippen LogP contribution in [0.5, 0.6) is 0 Å². The van der Waals surface area contributed by atoms with E-state index < -0.39 is 29.9 Å². The number of nitrogens with zero attached hydrogens (tertiary/aromatic N) is 1. The second-order valence-corrected chi connectivity index (χ2v) is 6.28. The Morgan fingerprint density at radius 1 is 1.29 bits per heavy atom. The van der Waals surface area contributed by atoms with Crippen molar-refractivity contribution in [3.8, 4) is 0 Å². The molecule has 0 spiro atoms. The third kappa shape index (κ3) is 5.15. The summed E-state index contributed by atoms with van der Waals surface area (Å²) in [6, 6.07) is 5.12. The number of aldehydes is 1. The highest BCUT2D eigenvalue weighted by molar-refractivity contribution is 6.05. The third-order valence-corrected chi connectivity index (χ3v) is 4.22. The van der Waals surface area contributed by atoms with E-state index in [0.29, 0.717) is 12.0 Å². The molecule has 9 heteroatoms. The van der Waals surface area contributed by atoms with E-state index >= 15 is 0 Å². The van der Waals surface area contributed by atoms with Crippen molar-refractivity contribution in [2.24, 2.45) is 0 Å². The summed E-state index contributed by atoms with van der Waals surface area (Å²) in [4.78, 5) is 60.7. The van der Waals surface area contributed by atoms with Gasteiger partial charge in [-0.15, -0.1) is 0 Å². The van der Waals surface area contributed by atoms with Crippen LogP contribution >= 0.6 is 0 Å². The molecule has 2 atom stereocenters. The van der Waals surface area contributed by atoms with Crippen LogP contribution in [0.3, 0.4) is 0 Å². The van der Waals surface area contributed by atoms with Gasteiger partial charge in [-0.05, 0) is 18.6 Å². The highest BCUT2D eigenvalue weighted by Gasteiger charge is 2.38. The quantitative estimate of drug-likeness (QED) is 0.466. The van der Waals surface area contributed by atoms with Crippen LogP contribution in [-0.4, -0.2) is 55.2 Å². The van der Waals surface area contributed by atoms with Crippen molar-refractivity contribution >= 4 is 35.7 Å². The minimum Gasteiger partial charge on any atom is -0.466 e. The van der Waals surface area contributed by atoms with E-state index in [9.17, 15) is 24.0 Å². The van der Waals surface area contributed by atoms with Crippen molar-refractivity contribution in [3.05, 3.63) is 29.8 Å². The fraction of sp³-hybridized carbons (Fsp3) is 0.421. The zero-order chi connectivity index (χ0) is 20.7. The van der Waals surface area contributed by atoms with Gasteiger partial charge in [-0.1, -0.05) is 18.2 Å². The SMILES string of the molecule is CCOC(=O)CC(C=O)NC(=O)C1Cc2ccccc2N1C(=O)CNC(C)=O. The molecule has 1 aliphatic rings. The first-order valence-corrected chi connectivity index (χ1v) is 8.93. The van der Waals surface area contributed by atoms with E-state index in [1.54, 1.807) is 31.2 Å². The molecule has 2 unspecified atom stereocenters. The Morgan fingerprint density at radius 2 is 2.00 bits per heavy atom. The average Bonchev–Trinajstić information content (AvgIpc) is 3.05. The lowest BCUT2D eigenvalue weighted by atomic mass is 10.1. The van der Waals surface area contributed by atoms with Crippen LogP contribution in [0.25, 0.3) is 0 Å². The summed E-state index contributed by atoms with van der Waals surface area (Å²) in [5.41, 5.74) is 1.37. The molecule has 0 aliphatic carbocycles. The summed E-state index contributed by atoms with van der Waals surface area (Å²) in [5.74, 6) is -1.98. The Hall–Kier alpha value is -3.23. The first-order valence-electron chi connectivity index (χ1n) is 8.93. The van der Waals surface area contributed by atoms with Gasteiger partial charge in [0, 0.05) is 19.0 Å². The molecular weight excluding hydrogens is 366 g/mol. The van der Waals surface area contributed by atoms with Gasteiger partial charge in [0.1, 0.15) is 12.3 Å². The van der Waals surface area contributed by atoms with Crippen molar-refractivity contribution in [1.29, 1.82) is 0 Å². The van der Waals surface area contributed by atoms with Crippen LogP contribution in [0.15, 0.2) is 24.3 Å². The molecule has 0 saturated heterocycles. The molecular formula is C19H23N3O6. The number of amides is 3. The fourth-order valence-electron chi connectivity index (χ4n) is 3.00. The second kappa shape index (κ2) is 9.63. The fourth-order valence-corrected chi connectivity index (χ4v) is 3.00. The molecule has 0 radical (unpaired) electrons. The Bertz CT molecular complexity index is 779. The zero-order valence-electron chi connectivity index (χ0n) is 15.8. The molecule has 1 heterocycles. The van der Waals surface area contributed by atoms with Crippen LogP contribution in [-0.2, 0) is 35.1 Å². The molecule has 150 valence electrons. The van der Waals surface area contributed by atoms with Gasteiger partial charge in [0.2, 0.25) is 17.7 Å². The second-order valence-electron chi connectivity index (χ2n) is 6.28. The van der Waals surface area contributed by atoms with E-state index in [1.807, 2.05) is 0 Å². The summed E-state index contributed by atoms with van der Waals surface area (Å²) in [5, 5.41) is 4.92. The van der Waals surface area contributed by atoms with E-state index in [2.05, 4.69) is 10.6 Å². The highest BCUT2D eigenvalue weighted by atomic mass is 16.5. The molecule has 1 aromatic carbocycles. The number of para-hydroxylation sites is 1. The summed E-state index contributed by atoms with van der Waals surface area (Å²) in [6.45, 7) is 2.84. The first-order chi connectivity index (χ1) is 13.4. The molecule has 3 amide bonds. The summed E-state index contributed by atoms with van der Waals surface area (Å²) in [7, 11) is 0. The topological polar surface area (TPSA) is 122 Å². The van der Waals surface area contributed by atoms with Gasteiger partial charge in [-0.25, -0.2) is 0 Å².